The molecular formula is C33H54F3N13O7. The maximum Gasteiger partial charge on any atom is 0.416 e. The van der Waals surface area contributed by atoms with Gasteiger partial charge >= 0.3 is 6.18 Å². The third-order valence-corrected chi connectivity index (χ3v) is 8.46. The van der Waals surface area contributed by atoms with Crippen molar-refractivity contribution in [1.29, 1.82) is 10.8 Å². The van der Waals surface area contributed by atoms with Crippen molar-refractivity contribution in [3.8, 4) is 0 Å². The van der Waals surface area contributed by atoms with E-state index in [-0.39, 0.29) is 69.1 Å². The summed E-state index contributed by atoms with van der Waals surface area (Å²) in [5.74, 6) is -5.99. The molecule has 0 bridgehead atoms. The Labute approximate surface area is 321 Å². The fourth-order valence-electron chi connectivity index (χ4n) is 5.44. The number of nitrogens with one attached hydrogen (secondary N) is 8. The van der Waals surface area contributed by atoms with Crippen LogP contribution in [0, 0.1) is 10.8 Å². The second-order valence-corrected chi connectivity index (χ2v) is 12.9. The molecule has 1 aromatic rings. The molecule has 17 N–H and O–H groups in total. The molecule has 20 nitrogen and oxygen atoms in total. The topological polar surface area (TPSA) is 350 Å². The van der Waals surface area contributed by atoms with Gasteiger partial charge in [-0.3, -0.25) is 39.6 Å². The number of nitrogens with zero attached hydrogens (tertiary/aromatic N) is 1. The monoisotopic (exact) mass is 801 g/mol. The lowest BCUT2D eigenvalue weighted by molar-refractivity contribution is -0.143. The van der Waals surface area contributed by atoms with E-state index >= 15 is 0 Å². The van der Waals surface area contributed by atoms with Crippen molar-refractivity contribution >= 4 is 47.4 Å². The SMILES string of the molecule is CN[C@H](C(=O)N[C@@H](CCCNC(=N)N)C(=O)N[C@@H](CCC(N)=O)C(=O)N(C)[C@@H](CCCNC(=N)N)C(=O)N[C@@H](Cc1ccc(C(F)(F)F)cc1)C(N)=O)[C@@H](C)O. The van der Waals surface area contributed by atoms with E-state index in [9.17, 15) is 47.0 Å². The first kappa shape index (κ1) is 48.3. The number of benzene rings is 1. The molecule has 6 amide bonds. The van der Waals surface area contributed by atoms with Gasteiger partial charge in [0.15, 0.2) is 11.9 Å². The largest absolute Gasteiger partial charge is 0.416 e. The lowest BCUT2D eigenvalue weighted by Crippen LogP contribution is -2.60. The van der Waals surface area contributed by atoms with Gasteiger partial charge < -0.3 is 64.8 Å². The second kappa shape index (κ2) is 23.3. The van der Waals surface area contributed by atoms with Gasteiger partial charge in [-0.2, -0.15) is 13.2 Å². The zero-order chi connectivity index (χ0) is 42.7. The van der Waals surface area contributed by atoms with E-state index in [1.807, 2.05) is 0 Å². The van der Waals surface area contributed by atoms with Crippen LogP contribution in [0.15, 0.2) is 24.3 Å². The molecule has 0 aliphatic heterocycles. The smallest absolute Gasteiger partial charge is 0.391 e. The first-order valence-electron chi connectivity index (χ1n) is 17.5. The predicted molar refractivity (Wildman–Crippen MR) is 198 cm³/mol. The number of nitrogens with two attached hydrogens (primary N) is 4. The Morgan fingerprint density at radius 1 is 0.786 bits per heavy atom. The molecule has 0 spiro atoms. The number of rotatable bonds is 24. The minimum atomic E-state index is -4.61. The van der Waals surface area contributed by atoms with Gasteiger partial charge in [0, 0.05) is 33.0 Å². The Kier molecular flexibility index (Phi) is 20.1. The van der Waals surface area contributed by atoms with Crippen molar-refractivity contribution < 1.29 is 47.0 Å². The summed E-state index contributed by atoms with van der Waals surface area (Å²) in [5.41, 5.74) is 20.9. The normalized spacial score (nSPS) is 14.4. The van der Waals surface area contributed by atoms with E-state index in [0.717, 1.165) is 29.2 Å². The van der Waals surface area contributed by atoms with E-state index in [0.29, 0.717) is 0 Å². The zero-order valence-corrected chi connectivity index (χ0v) is 31.4. The number of carbonyl (C=O) groups excluding carboxylic acids is 6. The average Bonchev–Trinajstić information content (AvgIpc) is 3.09. The average molecular weight is 802 g/mol. The minimum absolute atomic E-state index is 0.0394. The van der Waals surface area contributed by atoms with Gasteiger partial charge in [-0.15, -0.1) is 0 Å². The number of aliphatic hydroxyl groups is 1. The quantitative estimate of drug-likeness (QED) is 0.0279. The lowest BCUT2D eigenvalue weighted by Gasteiger charge is -2.32. The van der Waals surface area contributed by atoms with Crippen LogP contribution < -0.4 is 54.8 Å². The Balaban J connectivity index is 3.44. The van der Waals surface area contributed by atoms with Crippen LogP contribution in [-0.2, 0) is 41.4 Å². The summed E-state index contributed by atoms with van der Waals surface area (Å²) < 4.78 is 39.2. The molecule has 23 heteroatoms. The molecular weight excluding hydrogens is 747 g/mol. The number of hydrogen-bond donors (Lipinski definition) is 13. The second-order valence-electron chi connectivity index (χ2n) is 12.9. The van der Waals surface area contributed by atoms with Crippen molar-refractivity contribution in [3.63, 3.8) is 0 Å². The highest BCUT2D eigenvalue weighted by molar-refractivity contribution is 5.96. The van der Waals surface area contributed by atoms with Crippen LogP contribution in [-0.4, -0.2) is 121 Å². The third-order valence-electron chi connectivity index (χ3n) is 8.46. The Hall–Kier alpha value is -5.71. The van der Waals surface area contributed by atoms with Gasteiger partial charge in [0.2, 0.25) is 35.4 Å². The summed E-state index contributed by atoms with van der Waals surface area (Å²) in [5, 5.41) is 40.0. The summed E-state index contributed by atoms with van der Waals surface area (Å²) in [6, 6.07) is -2.90. The van der Waals surface area contributed by atoms with E-state index < -0.39 is 89.9 Å². The molecule has 0 radical (unpaired) electrons. The van der Waals surface area contributed by atoms with Crippen molar-refractivity contribution in [2.75, 3.05) is 27.2 Å². The van der Waals surface area contributed by atoms with Crippen LogP contribution in [0.1, 0.15) is 56.6 Å². The molecule has 0 fully saturated rings. The first-order chi connectivity index (χ1) is 26.1. The van der Waals surface area contributed by atoms with Crippen LogP contribution in [0.25, 0.3) is 0 Å². The first-order valence-corrected chi connectivity index (χ1v) is 17.5. The van der Waals surface area contributed by atoms with Gasteiger partial charge in [-0.1, -0.05) is 12.1 Å². The maximum atomic E-state index is 14.1. The van der Waals surface area contributed by atoms with Crippen LogP contribution >= 0.6 is 0 Å². The molecule has 0 saturated carbocycles. The Morgan fingerprint density at radius 3 is 1.77 bits per heavy atom. The minimum Gasteiger partial charge on any atom is -0.391 e. The molecule has 0 aliphatic rings. The number of guanidine groups is 2. The molecule has 314 valence electrons. The highest BCUT2D eigenvalue weighted by Crippen LogP contribution is 2.29. The number of primary amides is 2. The van der Waals surface area contributed by atoms with E-state index in [1.165, 1.54) is 21.0 Å². The fourth-order valence-corrected chi connectivity index (χ4v) is 5.44. The number of likely N-dealkylation sites (N-methyl/N-ethyl adjacent to an activating group) is 2. The summed E-state index contributed by atoms with van der Waals surface area (Å²) in [6.07, 6.45) is -6.64. The molecule has 56 heavy (non-hydrogen) atoms. The number of aliphatic hydroxyl groups excluding tert-OH is 1. The fraction of sp³-hybridized carbons (Fsp3) is 0.576. The van der Waals surface area contributed by atoms with Gasteiger partial charge in [-0.25, -0.2) is 0 Å². The molecule has 1 aromatic carbocycles. The predicted octanol–water partition coefficient (Wildman–Crippen LogP) is -3.22. The van der Waals surface area contributed by atoms with Crippen LogP contribution in [0.3, 0.4) is 0 Å². The standard InChI is InChI=1S/C33H54F3N13O7/c1-17(50)25(43-2)29(55)46-20(6-4-14-44-31(39)40)27(53)47-21(12-13-24(37)51)30(56)49(3)23(7-5-15-45-32(41)42)28(54)48-22(26(38)52)16-18-8-10-19(11-9-18)33(34,35)36/h8-11,17,20-23,25,43,50H,4-7,12-16H2,1-3H3,(H2,37,51)(H2,38,52)(H,46,55)(H,47,53)(H,48,54)(H4,39,40,44)(H4,41,42,45)/t17-,20+,21+,22+,23+,25+/m1/s1. The highest BCUT2D eigenvalue weighted by atomic mass is 19.4. The maximum absolute atomic E-state index is 14.1. The number of amides is 6. The summed E-state index contributed by atoms with van der Waals surface area (Å²) in [7, 11) is 2.64. The van der Waals surface area contributed by atoms with E-state index in [2.05, 4.69) is 31.9 Å². The summed E-state index contributed by atoms with van der Waals surface area (Å²) >= 11 is 0. The zero-order valence-electron chi connectivity index (χ0n) is 31.4. The van der Waals surface area contributed by atoms with Crippen molar-refractivity contribution in [1.82, 2.24) is 36.8 Å². The van der Waals surface area contributed by atoms with Crippen molar-refractivity contribution in [2.45, 2.75) is 94.4 Å². The van der Waals surface area contributed by atoms with Crippen molar-refractivity contribution in [3.05, 3.63) is 35.4 Å². The Bertz CT molecular complexity index is 1530. The summed E-state index contributed by atoms with van der Waals surface area (Å²) in [6.45, 7) is 1.56. The van der Waals surface area contributed by atoms with Gasteiger partial charge in [-0.05, 0) is 63.8 Å². The molecule has 6 atom stereocenters. The molecule has 0 saturated heterocycles. The van der Waals surface area contributed by atoms with Gasteiger partial charge in [0.25, 0.3) is 0 Å². The molecule has 0 unspecified atom stereocenters. The van der Waals surface area contributed by atoms with Crippen molar-refractivity contribution in [2.24, 2.45) is 22.9 Å². The Morgan fingerprint density at radius 2 is 1.30 bits per heavy atom. The van der Waals surface area contributed by atoms with Crippen LogP contribution in [0.5, 0.6) is 0 Å². The van der Waals surface area contributed by atoms with Crippen LogP contribution in [0.4, 0.5) is 13.2 Å². The molecule has 0 aromatic heterocycles. The van der Waals surface area contributed by atoms with Crippen LogP contribution in [0.2, 0.25) is 0 Å². The molecule has 0 heterocycles. The number of carbonyl (C=O) groups is 6. The van der Waals surface area contributed by atoms with E-state index in [4.69, 9.17) is 33.8 Å². The lowest BCUT2D eigenvalue weighted by atomic mass is 10.0. The third kappa shape index (κ3) is 17.2. The number of halogens is 3. The van der Waals surface area contributed by atoms with E-state index in [1.54, 1.807) is 0 Å². The summed E-state index contributed by atoms with van der Waals surface area (Å²) in [4.78, 5) is 79.7. The van der Waals surface area contributed by atoms with Gasteiger partial charge in [0.05, 0.1) is 11.7 Å². The highest BCUT2D eigenvalue weighted by Gasteiger charge is 2.36. The number of alkyl halides is 3. The number of hydrogen-bond acceptors (Lipinski definition) is 10. The molecule has 1 rings (SSSR count). The molecule has 0 aliphatic carbocycles. The van der Waals surface area contributed by atoms with Gasteiger partial charge in [0.1, 0.15) is 30.2 Å².